The van der Waals surface area contributed by atoms with E-state index < -0.39 is 35.0 Å². The van der Waals surface area contributed by atoms with Gasteiger partial charge in [-0.3, -0.25) is 9.79 Å². The molecule has 9 heteroatoms. The molecule has 176 valence electrons. The summed E-state index contributed by atoms with van der Waals surface area (Å²) in [6, 6.07) is 8.90. The summed E-state index contributed by atoms with van der Waals surface area (Å²) in [6.07, 6.45) is -4.13. The molecule has 1 aromatic heterocycles. The van der Waals surface area contributed by atoms with Gasteiger partial charge in [-0.1, -0.05) is 32.0 Å². The molecule has 0 spiro atoms. The number of hydrogen-bond donors (Lipinski definition) is 2. The summed E-state index contributed by atoms with van der Waals surface area (Å²) in [6.45, 7) is 4.44. The van der Waals surface area contributed by atoms with E-state index >= 15 is 0 Å². The zero-order valence-electron chi connectivity index (χ0n) is 18.5. The smallest absolute Gasteiger partial charge is 0.422 e. The van der Waals surface area contributed by atoms with E-state index in [4.69, 9.17) is 4.74 Å². The fraction of sp³-hybridized carbons (Fsp3) is 0.333. The summed E-state index contributed by atoms with van der Waals surface area (Å²) in [7, 11) is 1.23. The highest BCUT2D eigenvalue weighted by Crippen LogP contribution is 2.44. The van der Waals surface area contributed by atoms with Crippen molar-refractivity contribution in [3.8, 4) is 5.75 Å². The summed E-state index contributed by atoms with van der Waals surface area (Å²) in [4.78, 5) is 18.4. The van der Waals surface area contributed by atoms with Gasteiger partial charge >= 0.3 is 6.18 Å². The third kappa shape index (κ3) is 4.64. The van der Waals surface area contributed by atoms with Crippen molar-refractivity contribution in [1.82, 2.24) is 4.98 Å². The van der Waals surface area contributed by atoms with E-state index in [9.17, 15) is 27.5 Å². The molecule has 0 bridgehead atoms. The zero-order chi connectivity index (χ0) is 24.6. The maximum Gasteiger partial charge on any atom is 0.422 e. The number of aromatic amines is 1. The highest BCUT2D eigenvalue weighted by molar-refractivity contribution is 5.93. The van der Waals surface area contributed by atoms with Crippen molar-refractivity contribution in [2.45, 2.75) is 44.4 Å². The van der Waals surface area contributed by atoms with Gasteiger partial charge in [0.15, 0.2) is 17.2 Å². The Hall–Kier alpha value is -3.20. The van der Waals surface area contributed by atoms with Gasteiger partial charge in [-0.25, -0.2) is 4.39 Å². The number of nitrogens with zero attached hydrogens (tertiary/aromatic N) is 1. The number of H-pyrrole nitrogens is 1. The SMILES string of the molecule is COc1c(C(C)(C)CC(O)(C=Nc2cccc3c(=O)[nH]ccc23)C(F)(F)F)ccc(C)c1F. The van der Waals surface area contributed by atoms with Crippen LogP contribution in [0.3, 0.4) is 0 Å². The van der Waals surface area contributed by atoms with Crippen LogP contribution in [0.5, 0.6) is 5.75 Å². The van der Waals surface area contributed by atoms with Gasteiger partial charge in [0, 0.05) is 28.7 Å². The van der Waals surface area contributed by atoms with Crippen LogP contribution in [-0.2, 0) is 5.41 Å². The average molecular weight is 464 g/mol. The Labute approximate surface area is 187 Å². The van der Waals surface area contributed by atoms with Crippen molar-refractivity contribution in [2.24, 2.45) is 4.99 Å². The molecule has 0 amide bonds. The van der Waals surface area contributed by atoms with Crippen LogP contribution >= 0.6 is 0 Å². The van der Waals surface area contributed by atoms with Crippen LogP contribution in [0.25, 0.3) is 10.8 Å². The Bertz CT molecular complexity index is 1260. The fourth-order valence-corrected chi connectivity index (χ4v) is 3.87. The Morgan fingerprint density at radius 3 is 2.45 bits per heavy atom. The fourth-order valence-electron chi connectivity index (χ4n) is 3.87. The third-order valence-corrected chi connectivity index (χ3v) is 5.64. The normalized spacial score (nSPS) is 14.6. The van der Waals surface area contributed by atoms with Crippen LogP contribution in [0.4, 0.5) is 23.2 Å². The molecular weight excluding hydrogens is 440 g/mol. The van der Waals surface area contributed by atoms with Crippen LogP contribution in [0.2, 0.25) is 0 Å². The third-order valence-electron chi connectivity index (χ3n) is 5.64. The van der Waals surface area contributed by atoms with Gasteiger partial charge in [-0.15, -0.1) is 0 Å². The van der Waals surface area contributed by atoms with E-state index in [0.717, 1.165) is 0 Å². The van der Waals surface area contributed by atoms with E-state index in [0.29, 0.717) is 11.6 Å². The summed E-state index contributed by atoms with van der Waals surface area (Å²) < 4.78 is 61.8. The molecule has 0 radical (unpaired) electrons. The van der Waals surface area contributed by atoms with Crippen LogP contribution in [0, 0.1) is 12.7 Å². The number of nitrogens with one attached hydrogen (secondary N) is 1. The number of aliphatic hydroxyl groups is 1. The number of benzene rings is 2. The lowest BCUT2D eigenvalue weighted by Gasteiger charge is -2.36. The molecule has 2 N–H and O–H groups in total. The number of alkyl halides is 3. The minimum atomic E-state index is -5.08. The highest BCUT2D eigenvalue weighted by atomic mass is 19.4. The summed E-state index contributed by atoms with van der Waals surface area (Å²) in [5.74, 6) is -0.844. The first-order valence-corrected chi connectivity index (χ1v) is 10.1. The molecule has 0 saturated carbocycles. The second-order valence-corrected chi connectivity index (χ2v) is 8.56. The van der Waals surface area contributed by atoms with Gasteiger partial charge in [-0.2, -0.15) is 13.2 Å². The number of hydrogen-bond acceptors (Lipinski definition) is 4. The summed E-state index contributed by atoms with van der Waals surface area (Å²) >= 11 is 0. The van der Waals surface area contributed by atoms with Gasteiger partial charge in [0.1, 0.15) is 0 Å². The standard InChI is InChI=1S/C24H24F4N2O3/c1-14-8-9-17(20(33-4)19(14)25)22(2,3)12-23(32,24(26,27)28)13-30-18-7-5-6-16-15(18)10-11-29-21(16)31/h5-11,13,32H,12H2,1-4H3,(H,29,31). The van der Waals surface area contributed by atoms with Crippen molar-refractivity contribution in [3.63, 3.8) is 0 Å². The van der Waals surface area contributed by atoms with Crippen LogP contribution in [0.1, 0.15) is 31.4 Å². The number of aryl methyl sites for hydroxylation is 1. The summed E-state index contributed by atoms with van der Waals surface area (Å²) in [5, 5.41) is 11.3. The lowest BCUT2D eigenvalue weighted by atomic mass is 9.74. The van der Waals surface area contributed by atoms with Crippen molar-refractivity contribution in [1.29, 1.82) is 0 Å². The largest absolute Gasteiger partial charge is 0.493 e. The average Bonchev–Trinajstić information content (AvgIpc) is 2.73. The molecule has 3 rings (SSSR count). The molecule has 0 aliphatic rings. The maximum atomic E-state index is 14.5. The number of aliphatic imine (C=N–C) groups is 1. The van der Waals surface area contributed by atoms with Crippen molar-refractivity contribution >= 4 is 22.7 Å². The first kappa shape index (κ1) is 24.4. The minimum Gasteiger partial charge on any atom is -0.493 e. The zero-order valence-corrected chi connectivity index (χ0v) is 18.5. The Morgan fingerprint density at radius 1 is 1.12 bits per heavy atom. The lowest BCUT2D eigenvalue weighted by molar-refractivity contribution is -0.234. The number of halogens is 4. The molecule has 1 atom stereocenters. The molecule has 1 unspecified atom stereocenters. The van der Waals surface area contributed by atoms with Crippen molar-refractivity contribution < 1.29 is 27.4 Å². The van der Waals surface area contributed by atoms with E-state index in [1.165, 1.54) is 70.5 Å². The first-order chi connectivity index (χ1) is 15.3. The minimum absolute atomic E-state index is 0.0954. The van der Waals surface area contributed by atoms with Crippen LogP contribution in [0.15, 0.2) is 52.4 Å². The van der Waals surface area contributed by atoms with Gasteiger partial charge in [0.05, 0.1) is 12.8 Å². The number of rotatable bonds is 6. The van der Waals surface area contributed by atoms with Gasteiger partial charge < -0.3 is 14.8 Å². The van der Waals surface area contributed by atoms with Crippen molar-refractivity contribution in [2.75, 3.05) is 7.11 Å². The predicted octanol–water partition coefficient (Wildman–Crippen LogP) is 5.35. The van der Waals surface area contributed by atoms with E-state index in [1.807, 2.05) is 0 Å². The molecule has 0 aliphatic carbocycles. The Morgan fingerprint density at radius 2 is 1.82 bits per heavy atom. The van der Waals surface area contributed by atoms with E-state index in [-0.39, 0.29) is 28.0 Å². The molecule has 3 aromatic rings. The molecule has 33 heavy (non-hydrogen) atoms. The summed E-state index contributed by atoms with van der Waals surface area (Å²) in [5.41, 5.74) is -4.55. The van der Waals surface area contributed by atoms with Crippen LogP contribution in [-0.4, -0.2) is 35.2 Å². The first-order valence-electron chi connectivity index (χ1n) is 10.1. The Kier molecular flexibility index (Phi) is 6.39. The van der Waals surface area contributed by atoms with Gasteiger partial charge in [-0.05, 0) is 42.5 Å². The van der Waals surface area contributed by atoms with E-state index in [2.05, 4.69) is 9.98 Å². The van der Waals surface area contributed by atoms with Crippen LogP contribution < -0.4 is 10.3 Å². The van der Waals surface area contributed by atoms with E-state index in [1.54, 1.807) is 0 Å². The predicted molar refractivity (Wildman–Crippen MR) is 119 cm³/mol. The molecule has 0 saturated heterocycles. The molecular formula is C24H24F4N2O3. The number of fused-ring (bicyclic) bond motifs is 1. The monoisotopic (exact) mass is 464 g/mol. The topological polar surface area (TPSA) is 74.7 Å². The van der Waals surface area contributed by atoms with Crippen molar-refractivity contribution in [3.05, 3.63) is 69.9 Å². The maximum absolute atomic E-state index is 14.5. The second-order valence-electron chi connectivity index (χ2n) is 8.56. The van der Waals surface area contributed by atoms with Gasteiger partial charge in [0.25, 0.3) is 5.56 Å². The number of pyridine rings is 1. The lowest BCUT2D eigenvalue weighted by Crippen LogP contribution is -2.50. The molecule has 2 aromatic carbocycles. The molecule has 1 heterocycles. The molecule has 0 aliphatic heterocycles. The molecule has 5 nitrogen and oxygen atoms in total. The highest BCUT2D eigenvalue weighted by Gasteiger charge is 2.55. The number of aromatic nitrogens is 1. The molecule has 0 fully saturated rings. The number of methoxy groups -OCH3 is 1. The number of ether oxygens (including phenoxy) is 1. The second kappa shape index (κ2) is 8.62. The van der Waals surface area contributed by atoms with Gasteiger partial charge in [0.2, 0.25) is 0 Å². The Balaban J connectivity index is 2.07. The quantitative estimate of drug-likeness (QED) is 0.382.